The molecule has 19 heavy (non-hydrogen) atoms. The van der Waals surface area contributed by atoms with Gasteiger partial charge in [-0.3, -0.25) is 9.78 Å². The number of aromatic nitrogens is 1. The van der Waals surface area contributed by atoms with Gasteiger partial charge in [0.25, 0.3) is 5.91 Å². The molecule has 98 valence electrons. The van der Waals surface area contributed by atoms with Gasteiger partial charge in [0, 0.05) is 23.0 Å². The molecule has 0 saturated heterocycles. The number of hydrogen-bond acceptors (Lipinski definition) is 4. The van der Waals surface area contributed by atoms with Crippen molar-refractivity contribution in [1.82, 2.24) is 10.3 Å². The molecule has 5 heteroatoms. The summed E-state index contributed by atoms with van der Waals surface area (Å²) in [5, 5.41) is 11.5. The highest BCUT2D eigenvalue weighted by Gasteiger charge is 2.06. The van der Waals surface area contributed by atoms with E-state index in [0.29, 0.717) is 5.69 Å². The fourth-order valence-electron chi connectivity index (χ4n) is 1.53. The van der Waals surface area contributed by atoms with E-state index < -0.39 is 0 Å². The van der Waals surface area contributed by atoms with Gasteiger partial charge in [0.1, 0.15) is 5.69 Å². The van der Waals surface area contributed by atoms with Gasteiger partial charge in [-0.25, -0.2) is 0 Å². The fraction of sp³-hybridized carbons (Fsp3) is 0.143. The summed E-state index contributed by atoms with van der Waals surface area (Å²) in [6.45, 7) is 0.0427. The molecule has 0 bridgehead atoms. The van der Waals surface area contributed by atoms with Crippen molar-refractivity contribution in [3.63, 3.8) is 0 Å². The standard InChI is InChI=1S/C14H14N2O2S/c1-15-14(18)13-8-12(6-7-16-13)19-11-4-2-10(9-17)3-5-11/h2-8,17H,9H2,1H3,(H,15,18). The van der Waals surface area contributed by atoms with Crippen LogP contribution in [-0.2, 0) is 6.61 Å². The molecule has 2 aromatic rings. The van der Waals surface area contributed by atoms with Crippen molar-refractivity contribution in [3.8, 4) is 0 Å². The normalized spacial score (nSPS) is 10.2. The number of carbonyl (C=O) groups is 1. The summed E-state index contributed by atoms with van der Waals surface area (Å²) < 4.78 is 0. The molecule has 0 unspecified atom stereocenters. The Morgan fingerprint density at radius 3 is 2.63 bits per heavy atom. The van der Waals surface area contributed by atoms with Gasteiger partial charge < -0.3 is 10.4 Å². The van der Waals surface area contributed by atoms with Crippen LogP contribution in [-0.4, -0.2) is 23.0 Å². The van der Waals surface area contributed by atoms with E-state index in [0.717, 1.165) is 15.4 Å². The molecule has 0 radical (unpaired) electrons. The molecule has 0 spiro atoms. The summed E-state index contributed by atoms with van der Waals surface area (Å²) in [5.74, 6) is -0.196. The van der Waals surface area contributed by atoms with Crippen LogP contribution in [0.15, 0.2) is 52.4 Å². The quantitative estimate of drug-likeness (QED) is 0.896. The van der Waals surface area contributed by atoms with E-state index in [1.54, 1.807) is 31.1 Å². The van der Waals surface area contributed by atoms with Gasteiger partial charge in [0.05, 0.1) is 6.61 Å². The van der Waals surface area contributed by atoms with Crippen molar-refractivity contribution < 1.29 is 9.90 Å². The predicted molar refractivity (Wildman–Crippen MR) is 74.1 cm³/mol. The summed E-state index contributed by atoms with van der Waals surface area (Å²) in [4.78, 5) is 17.5. The summed E-state index contributed by atoms with van der Waals surface area (Å²) in [6, 6.07) is 11.2. The van der Waals surface area contributed by atoms with E-state index in [-0.39, 0.29) is 12.5 Å². The van der Waals surface area contributed by atoms with Gasteiger partial charge >= 0.3 is 0 Å². The third-order valence-corrected chi connectivity index (χ3v) is 3.53. The lowest BCUT2D eigenvalue weighted by atomic mass is 10.2. The van der Waals surface area contributed by atoms with E-state index in [1.165, 1.54) is 0 Å². The van der Waals surface area contributed by atoms with Crippen LogP contribution in [0.2, 0.25) is 0 Å². The second-order valence-electron chi connectivity index (χ2n) is 3.86. The number of aliphatic hydroxyl groups is 1. The van der Waals surface area contributed by atoms with Crippen LogP contribution in [0, 0.1) is 0 Å². The van der Waals surface area contributed by atoms with Gasteiger partial charge in [-0.1, -0.05) is 23.9 Å². The average Bonchev–Trinajstić information content (AvgIpc) is 2.47. The van der Waals surface area contributed by atoms with Crippen molar-refractivity contribution in [2.24, 2.45) is 0 Å². The van der Waals surface area contributed by atoms with Gasteiger partial charge in [-0.15, -0.1) is 0 Å². The molecule has 2 rings (SSSR count). The first-order chi connectivity index (χ1) is 9.22. The van der Waals surface area contributed by atoms with E-state index in [1.807, 2.05) is 30.3 Å². The first-order valence-corrected chi connectivity index (χ1v) is 6.60. The molecule has 0 atom stereocenters. The zero-order valence-electron chi connectivity index (χ0n) is 10.5. The lowest BCUT2D eigenvalue weighted by Crippen LogP contribution is -2.18. The van der Waals surface area contributed by atoms with Crippen LogP contribution < -0.4 is 5.32 Å². The maximum Gasteiger partial charge on any atom is 0.269 e. The van der Waals surface area contributed by atoms with Crippen molar-refractivity contribution in [1.29, 1.82) is 0 Å². The molecule has 0 aliphatic carbocycles. The highest BCUT2D eigenvalue weighted by atomic mass is 32.2. The van der Waals surface area contributed by atoms with E-state index >= 15 is 0 Å². The molecule has 1 aromatic heterocycles. The fourth-order valence-corrected chi connectivity index (χ4v) is 2.37. The molecule has 1 heterocycles. The molecule has 1 aromatic carbocycles. The molecule has 0 aliphatic heterocycles. The van der Waals surface area contributed by atoms with Gasteiger partial charge in [0.2, 0.25) is 0 Å². The van der Waals surface area contributed by atoms with Crippen LogP contribution in [0.4, 0.5) is 0 Å². The van der Waals surface area contributed by atoms with Crippen molar-refractivity contribution in [2.75, 3.05) is 7.05 Å². The van der Waals surface area contributed by atoms with Crippen molar-refractivity contribution >= 4 is 17.7 Å². The molecule has 0 aliphatic rings. The van der Waals surface area contributed by atoms with Crippen LogP contribution in [0.1, 0.15) is 16.1 Å². The Hall–Kier alpha value is -1.85. The maximum atomic E-state index is 11.5. The Morgan fingerprint density at radius 2 is 2.00 bits per heavy atom. The predicted octanol–water partition coefficient (Wildman–Crippen LogP) is 2.08. The minimum absolute atomic E-state index is 0.0427. The van der Waals surface area contributed by atoms with Crippen LogP contribution in [0.25, 0.3) is 0 Å². The average molecular weight is 274 g/mol. The number of hydrogen-bond donors (Lipinski definition) is 2. The Labute approximate surface area is 115 Å². The van der Waals surface area contributed by atoms with Gasteiger partial charge in [-0.05, 0) is 29.8 Å². The van der Waals surface area contributed by atoms with E-state index in [2.05, 4.69) is 10.3 Å². The molecule has 1 amide bonds. The molecule has 0 fully saturated rings. The molecule has 0 saturated carbocycles. The third kappa shape index (κ3) is 3.56. The largest absolute Gasteiger partial charge is 0.392 e. The van der Waals surface area contributed by atoms with Crippen LogP contribution in [0.5, 0.6) is 0 Å². The molecular weight excluding hydrogens is 260 g/mol. The van der Waals surface area contributed by atoms with Crippen LogP contribution in [0.3, 0.4) is 0 Å². The number of aliphatic hydroxyl groups excluding tert-OH is 1. The van der Waals surface area contributed by atoms with E-state index in [4.69, 9.17) is 5.11 Å². The Kier molecular flexibility index (Phi) is 4.54. The number of carbonyl (C=O) groups excluding carboxylic acids is 1. The molecular formula is C14H14N2O2S. The smallest absolute Gasteiger partial charge is 0.269 e. The second-order valence-corrected chi connectivity index (χ2v) is 5.01. The minimum Gasteiger partial charge on any atom is -0.392 e. The number of nitrogens with zero attached hydrogens (tertiary/aromatic N) is 1. The molecule has 2 N–H and O–H groups in total. The summed E-state index contributed by atoms with van der Waals surface area (Å²) in [6.07, 6.45) is 1.62. The lowest BCUT2D eigenvalue weighted by Gasteiger charge is -2.04. The maximum absolute atomic E-state index is 11.5. The zero-order valence-corrected chi connectivity index (χ0v) is 11.3. The SMILES string of the molecule is CNC(=O)c1cc(Sc2ccc(CO)cc2)ccn1. The van der Waals surface area contributed by atoms with Gasteiger partial charge in [-0.2, -0.15) is 0 Å². The minimum atomic E-state index is -0.196. The summed E-state index contributed by atoms with van der Waals surface area (Å²) >= 11 is 1.55. The van der Waals surface area contributed by atoms with E-state index in [9.17, 15) is 4.79 Å². The number of pyridine rings is 1. The van der Waals surface area contributed by atoms with Crippen molar-refractivity contribution in [3.05, 3.63) is 53.9 Å². The Morgan fingerprint density at radius 1 is 1.26 bits per heavy atom. The topological polar surface area (TPSA) is 62.2 Å². The highest BCUT2D eigenvalue weighted by Crippen LogP contribution is 2.27. The first-order valence-electron chi connectivity index (χ1n) is 5.78. The van der Waals surface area contributed by atoms with Crippen molar-refractivity contribution in [2.45, 2.75) is 16.4 Å². The first kappa shape index (κ1) is 13.6. The lowest BCUT2D eigenvalue weighted by molar-refractivity contribution is 0.0958. The Balaban J connectivity index is 2.16. The molecule has 4 nitrogen and oxygen atoms in total. The number of rotatable bonds is 4. The zero-order chi connectivity index (χ0) is 13.7. The number of benzene rings is 1. The number of nitrogens with one attached hydrogen (secondary N) is 1. The van der Waals surface area contributed by atoms with Crippen LogP contribution >= 0.6 is 11.8 Å². The second kappa shape index (κ2) is 6.36. The highest BCUT2D eigenvalue weighted by molar-refractivity contribution is 7.99. The Bertz CT molecular complexity index is 570. The number of amides is 1. The summed E-state index contributed by atoms with van der Waals surface area (Å²) in [7, 11) is 1.58. The summed E-state index contributed by atoms with van der Waals surface area (Å²) in [5.41, 5.74) is 1.28. The van der Waals surface area contributed by atoms with Gasteiger partial charge in [0.15, 0.2) is 0 Å². The third-order valence-electron chi connectivity index (χ3n) is 2.53. The monoisotopic (exact) mass is 274 g/mol.